The fourth-order valence-corrected chi connectivity index (χ4v) is 12.9. The number of fused-ring (bicyclic) bond motifs is 10. The standard InChI is InChI=1S/C80H122N6O9/c1-5-9-13-17-21-25-29-33-37-41-45-90-69-57-63-65(59-71(69)92-47-43-39-35-31-27-23-19-15-11-7-3)83-77-75(81-63)76-78(80-79(77)85-67-61-73-74(62-68(67)86-80)95-56-54-89-52-50-87-49-51-88-53-55-94-73)84-66-60-72(93-48-44-40-36-32-28-24-20-16-12-8-4)70(58-64(66)82-76)91-46-42-38-34-30-26-22-18-14-10-6-2/h57-62H,5-56H2,1-4H3. The normalized spacial score (nSPS) is 13.6. The van der Waals surface area contributed by atoms with Gasteiger partial charge in [0, 0.05) is 36.4 Å². The summed E-state index contributed by atoms with van der Waals surface area (Å²) >= 11 is 0. The predicted molar refractivity (Wildman–Crippen MR) is 391 cm³/mol. The van der Waals surface area contributed by atoms with Gasteiger partial charge in [0.2, 0.25) is 0 Å². The summed E-state index contributed by atoms with van der Waals surface area (Å²) < 4.78 is 57.0. The molecule has 0 aliphatic carbocycles. The molecular formula is C80H122N6O9. The van der Waals surface area contributed by atoms with Crippen molar-refractivity contribution in [1.82, 2.24) is 29.9 Å². The van der Waals surface area contributed by atoms with Gasteiger partial charge in [-0.3, -0.25) is 0 Å². The van der Waals surface area contributed by atoms with Crippen LogP contribution in [0.1, 0.15) is 285 Å². The molecule has 0 amide bonds. The van der Waals surface area contributed by atoms with Gasteiger partial charge >= 0.3 is 0 Å². The van der Waals surface area contributed by atoms with Gasteiger partial charge in [-0.15, -0.1) is 0 Å². The highest BCUT2D eigenvalue weighted by molar-refractivity contribution is 6.21. The molecule has 95 heavy (non-hydrogen) atoms. The second kappa shape index (κ2) is 45.8. The molecule has 0 bridgehead atoms. The summed E-state index contributed by atoms with van der Waals surface area (Å²) in [5.41, 5.74) is 7.17. The second-order valence-electron chi connectivity index (χ2n) is 26.8. The molecule has 0 unspecified atom stereocenters. The van der Waals surface area contributed by atoms with E-state index in [9.17, 15) is 0 Å². The number of unbranched alkanes of at least 4 members (excludes halogenated alkanes) is 36. The first-order valence-electron chi connectivity index (χ1n) is 38.7. The quantitative estimate of drug-likeness (QED) is 0.0201. The van der Waals surface area contributed by atoms with Gasteiger partial charge in [0.1, 0.15) is 46.3 Å². The molecule has 1 aliphatic rings. The molecule has 1 aliphatic heterocycles. The van der Waals surface area contributed by atoms with Crippen molar-refractivity contribution in [3.05, 3.63) is 36.4 Å². The highest BCUT2D eigenvalue weighted by Crippen LogP contribution is 2.40. The Bertz CT molecular complexity index is 3040. The molecule has 0 spiro atoms. The molecule has 0 radical (unpaired) electrons. The molecule has 4 aromatic carbocycles. The minimum absolute atomic E-state index is 0.304. The Morgan fingerprint density at radius 3 is 0.621 bits per heavy atom. The maximum atomic E-state index is 6.72. The molecule has 0 saturated heterocycles. The van der Waals surface area contributed by atoms with Crippen LogP contribution in [0.5, 0.6) is 34.5 Å². The van der Waals surface area contributed by atoms with E-state index in [1.54, 1.807) is 0 Å². The van der Waals surface area contributed by atoms with E-state index < -0.39 is 0 Å². The third-order valence-corrected chi connectivity index (χ3v) is 18.6. The van der Waals surface area contributed by atoms with E-state index in [0.29, 0.717) is 180 Å². The van der Waals surface area contributed by atoms with Crippen LogP contribution in [0.3, 0.4) is 0 Å². The Morgan fingerprint density at radius 1 is 0.232 bits per heavy atom. The van der Waals surface area contributed by atoms with Crippen LogP contribution in [-0.4, -0.2) is 109 Å². The molecule has 0 saturated carbocycles. The molecule has 0 N–H and O–H groups in total. The van der Waals surface area contributed by atoms with E-state index in [-0.39, 0.29) is 0 Å². The average molecular weight is 1310 g/mol. The van der Waals surface area contributed by atoms with Crippen LogP contribution in [0.2, 0.25) is 0 Å². The molecule has 0 atom stereocenters. The number of aromatic nitrogens is 6. The molecule has 0 fully saturated rings. The van der Waals surface area contributed by atoms with Crippen molar-refractivity contribution >= 4 is 66.2 Å². The molecule has 7 aromatic rings. The first kappa shape index (κ1) is 75.1. The Hall–Kier alpha value is -5.64. The van der Waals surface area contributed by atoms with Crippen molar-refractivity contribution in [3.8, 4) is 34.5 Å². The summed E-state index contributed by atoms with van der Waals surface area (Å²) in [5.74, 6) is 3.77. The first-order valence-corrected chi connectivity index (χ1v) is 38.7. The number of ether oxygens (including phenoxy) is 9. The lowest BCUT2D eigenvalue weighted by atomic mass is 10.1. The number of hydrogen-bond donors (Lipinski definition) is 0. The monoisotopic (exact) mass is 1310 g/mol. The molecule has 8 rings (SSSR count). The number of hydrogen-bond acceptors (Lipinski definition) is 15. The topological polar surface area (TPSA) is 160 Å². The van der Waals surface area contributed by atoms with Gasteiger partial charge in [-0.1, -0.05) is 259 Å². The molecular weight excluding hydrogens is 1190 g/mol. The van der Waals surface area contributed by atoms with Crippen LogP contribution in [0, 0.1) is 0 Å². The molecule has 15 nitrogen and oxygen atoms in total. The van der Waals surface area contributed by atoms with Gasteiger partial charge < -0.3 is 42.6 Å². The summed E-state index contributed by atoms with van der Waals surface area (Å²) in [5, 5.41) is 0. The Balaban J connectivity index is 1.15. The molecule has 526 valence electrons. The largest absolute Gasteiger partial charge is 0.490 e. The van der Waals surface area contributed by atoms with Crippen molar-refractivity contribution in [1.29, 1.82) is 0 Å². The van der Waals surface area contributed by atoms with Crippen molar-refractivity contribution in [2.75, 3.05) is 79.3 Å². The Morgan fingerprint density at radius 2 is 0.411 bits per heavy atom. The van der Waals surface area contributed by atoms with E-state index in [0.717, 1.165) is 51.4 Å². The van der Waals surface area contributed by atoms with Crippen molar-refractivity contribution in [3.63, 3.8) is 0 Å². The smallest absolute Gasteiger partial charge is 0.163 e. The van der Waals surface area contributed by atoms with E-state index >= 15 is 0 Å². The Kier molecular flexibility index (Phi) is 36.2. The van der Waals surface area contributed by atoms with Crippen LogP contribution in [0.25, 0.3) is 66.2 Å². The summed E-state index contributed by atoms with van der Waals surface area (Å²) in [4.78, 5) is 32.8. The zero-order valence-corrected chi connectivity index (χ0v) is 59.6. The number of rotatable bonds is 48. The van der Waals surface area contributed by atoms with Gasteiger partial charge in [0.15, 0.2) is 34.5 Å². The third-order valence-electron chi connectivity index (χ3n) is 18.6. The van der Waals surface area contributed by atoms with Crippen molar-refractivity contribution < 1.29 is 42.6 Å². The SMILES string of the molecule is CCCCCCCCCCCCOc1cc2nc3c4nc5cc(OCCCCCCCCCCCC)c(OCCCCCCCCCCCC)cc5nc4c4nc5cc6c(cc5nc4c3nc2cc1OCCCCCCCCCCCC)OCCOCCOCCOCCO6. The lowest BCUT2D eigenvalue weighted by molar-refractivity contribution is 0.00708. The summed E-state index contributed by atoms with van der Waals surface area (Å²) in [7, 11) is 0. The molecule has 4 heterocycles. The van der Waals surface area contributed by atoms with E-state index in [2.05, 4.69) is 27.7 Å². The lowest BCUT2D eigenvalue weighted by Gasteiger charge is -2.16. The van der Waals surface area contributed by atoms with Gasteiger partial charge in [-0.2, -0.15) is 0 Å². The minimum Gasteiger partial charge on any atom is -0.490 e. The fourth-order valence-electron chi connectivity index (χ4n) is 12.9. The molecule has 3 aromatic heterocycles. The van der Waals surface area contributed by atoms with Gasteiger partial charge in [0.05, 0.1) is 99.2 Å². The van der Waals surface area contributed by atoms with Crippen LogP contribution in [0.4, 0.5) is 0 Å². The summed E-state index contributed by atoms with van der Waals surface area (Å²) in [6.07, 6.45) is 50.2. The number of benzene rings is 4. The highest BCUT2D eigenvalue weighted by atomic mass is 16.6. The minimum atomic E-state index is 0.304. The maximum absolute atomic E-state index is 6.72. The fraction of sp³-hybridized carbons (Fsp3) is 0.700. The summed E-state index contributed by atoms with van der Waals surface area (Å²) in [6, 6.07) is 11.8. The van der Waals surface area contributed by atoms with E-state index in [1.165, 1.54) is 205 Å². The zero-order chi connectivity index (χ0) is 66.0. The van der Waals surface area contributed by atoms with Crippen molar-refractivity contribution in [2.45, 2.75) is 285 Å². The summed E-state index contributed by atoms with van der Waals surface area (Å²) in [6.45, 7) is 14.7. The van der Waals surface area contributed by atoms with Gasteiger partial charge in [-0.25, -0.2) is 29.9 Å². The van der Waals surface area contributed by atoms with E-state index in [1.807, 2.05) is 36.4 Å². The second-order valence-corrected chi connectivity index (χ2v) is 26.8. The number of nitrogens with zero attached hydrogens (tertiary/aromatic N) is 6. The zero-order valence-electron chi connectivity index (χ0n) is 59.6. The van der Waals surface area contributed by atoms with Gasteiger partial charge in [0.25, 0.3) is 0 Å². The predicted octanol–water partition coefficient (Wildman–Crippen LogP) is 22.0. The van der Waals surface area contributed by atoms with Crippen LogP contribution >= 0.6 is 0 Å². The van der Waals surface area contributed by atoms with Crippen LogP contribution in [0.15, 0.2) is 36.4 Å². The van der Waals surface area contributed by atoms with Crippen molar-refractivity contribution in [2.24, 2.45) is 0 Å². The average Bonchev–Trinajstić information content (AvgIpc) is 0.721. The lowest BCUT2D eigenvalue weighted by Crippen LogP contribution is -2.13. The first-order chi connectivity index (χ1) is 47.1. The van der Waals surface area contributed by atoms with E-state index in [4.69, 9.17) is 72.5 Å². The van der Waals surface area contributed by atoms with Crippen LogP contribution < -0.4 is 28.4 Å². The Labute approximate surface area is 570 Å². The highest BCUT2D eigenvalue weighted by Gasteiger charge is 2.23. The molecule has 15 heteroatoms. The third kappa shape index (κ3) is 26.3. The maximum Gasteiger partial charge on any atom is 0.163 e. The van der Waals surface area contributed by atoms with Crippen LogP contribution in [-0.2, 0) is 14.2 Å². The van der Waals surface area contributed by atoms with Gasteiger partial charge in [-0.05, 0) is 25.7 Å².